The maximum absolute atomic E-state index is 5.88. The molecular formula is C17H28N2O2. The fraction of sp³-hybridized carbons (Fsp3) is 0.706. The van der Waals surface area contributed by atoms with Crippen molar-refractivity contribution in [2.24, 2.45) is 0 Å². The molecule has 1 unspecified atom stereocenters. The summed E-state index contributed by atoms with van der Waals surface area (Å²) in [6, 6.07) is 2.30. The molecule has 1 N–H and O–H groups in total. The molecule has 0 amide bonds. The number of hydrogen-bond acceptors (Lipinski definition) is 4. The van der Waals surface area contributed by atoms with E-state index in [4.69, 9.17) is 9.47 Å². The summed E-state index contributed by atoms with van der Waals surface area (Å²) < 4.78 is 11.6. The Morgan fingerprint density at radius 3 is 2.67 bits per heavy atom. The molecule has 0 radical (unpaired) electrons. The average Bonchev–Trinajstić information content (AvgIpc) is 2.48. The number of rotatable bonds is 9. The molecule has 2 rings (SSSR count). The second kappa shape index (κ2) is 7.76. The highest BCUT2D eigenvalue weighted by atomic mass is 16.5. The number of pyridine rings is 1. The normalized spacial score (nSPS) is 18.0. The number of aromatic nitrogens is 1. The second-order valence-electron chi connectivity index (χ2n) is 5.81. The summed E-state index contributed by atoms with van der Waals surface area (Å²) in [4.78, 5) is 4.35. The molecule has 0 bridgehead atoms. The first-order chi connectivity index (χ1) is 10.3. The minimum atomic E-state index is -0.0831. The lowest BCUT2D eigenvalue weighted by Gasteiger charge is -2.47. The first-order valence-corrected chi connectivity index (χ1v) is 8.12. The first kappa shape index (κ1) is 16.2. The molecule has 21 heavy (non-hydrogen) atoms. The molecule has 4 heteroatoms. The van der Waals surface area contributed by atoms with E-state index in [1.807, 2.05) is 13.3 Å². The van der Waals surface area contributed by atoms with E-state index in [0.717, 1.165) is 44.6 Å². The van der Waals surface area contributed by atoms with Crippen LogP contribution in [0.4, 0.5) is 0 Å². The van der Waals surface area contributed by atoms with Crippen LogP contribution in [0.5, 0.6) is 5.75 Å². The maximum Gasteiger partial charge on any atom is 0.137 e. The van der Waals surface area contributed by atoms with Crippen LogP contribution in [0.2, 0.25) is 0 Å². The minimum absolute atomic E-state index is 0.0831. The van der Waals surface area contributed by atoms with Crippen molar-refractivity contribution in [3.63, 3.8) is 0 Å². The highest BCUT2D eigenvalue weighted by Gasteiger charge is 2.45. The Labute approximate surface area is 128 Å². The van der Waals surface area contributed by atoms with Crippen LogP contribution in [0.3, 0.4) is 0 Å². The van der Waals surface area contributed by atoms with Gasteiger partial charge in [-0.15, -0.1) is 0 Å². The van der Waals surface area contributed by atoms with Crippen molar-refractivity contribution in [1.29, 1.82) is 0 Å². The predicted molar refractivity (Wildman–Crippen MR) is 84.6 cm³/mol. The van der Waals surface area contributed by atoms with Crippen LogP contribution >= 0.6 is 0 Å². The summed E-state index contributed by atoms with van der Waals surface area (Å²) in [5, 5.41) is 3.64. The molecule has 0 saturated heterocycles. The van der Waals surface area contributed by atoms with Gasteiger partial charge in [-0.2, -0.15) is 0 Å². The zero-order chi connectivity index (χ0) is 15.1. The van der Waals surface area contributed by atoms with E-state index in [1.165, 1.54) is 12.0 Å². The minimum Gasteiger partial charge on any atom is -0.492 e. The van der Waals surface area contributed by atoms with E-state index in [2.05, 4.69) is 30.2 Å². The lowest BCUT2D eigenvalue weighted by molar-refractivity contribution is -0.0998. The zero-order valence-electron chi connectivity index (χ0n) is 13.5. The lowest BCUT2D eigenvalue weighted by Crippen LogP contribution is -2.50. The SMILES string of the molecule is CCCNC(c1cncc(OCCC)c1)C1(OC)CCC1. The van der Waals surface area contributed by atoms with E-state index in [0.29, 0.717) is 0 Å². The third kappa shape index (κ3) is 3.74. The Bertz CT molecular complexity index is 427. The van der Waals surface area contributed by atoms with Crippen molar-refractivity contribution in [2.75, 3.05) is 20.3 Å². The van der Waals surface area contributed by atoms with Crippen molar-refractivity contribution in [1.82, 2.24) is 10.3 Å². The van der Waals surface area contributed by atoms with Crippen molar-refractivity contribution in [2.45, 2.75) is 57.6 Å². The van der Waals surface area contributed by atoms with Gasteiger partial charge in [0.2, 0.25) is 0 Å². The van der Waals surface area contributed by atoms with Crippen LogP contribution in [0.25, 0.3) is 0 Å². The molecule has 1 atom stereocenters. The van der Waals surface area contributed by atoms with Gasteiger partial charge in [0.05, 0.1) is 24.4 Å². The molecule has 0 aromatic carbocycles. The molecule has 0 aliphatic heterocycles. The van der Waals surface area contributed by atoms with Crippen LogP contribution < -0.4 is 10.1 Å². The zero-order valence-corrected chi connectivity index (χ0v) is 13.5. The molecule has 1 fully saturated rings. The molecule has 118 valence electrons. The Kier molecular flexibility index (Phi) is 6.00. The number of nitrogens with one attached hydrogen (secondary N) is 1. The van der Waals surface area contributed by atoms with Crippen LogP contribution in [0.15, 0.2) is 18.5 Å². The summed E-state index contributed by atoms with van der Waals surface area (Å²) in [6.07, 6.45) is 9.27. The van der Waals surface area contributed by atoms with Crippen LogP contribution in [0.1, 0.15) is 57.6 Å². The third-order valence-electron chi connectivity index (χ3n) is 4.27. The van der Waals surface area contributed by atoms with Gasteiger partial charge in [0.25, 0.3) is 0 Å². The van der Waals surface area contributed by atoms with Gasteiger partial charge in [-0.25, -0.2) is 0 Å². The number of ether oxygens (including phenoxy) is 2. The molecular weight excluding hydrogens is 264 g/mol. The molecule has 1 saturated carbocycles. The molecule has 1 aliphatic carbocycles. The molecule has 0 spiro atoms. The standard InChI is InChI=1S/C17H28N2O2/c1-4-9-19-16(17(20-3)7-6-8-17)14-11-15(13-18-12-14)21-10-5-2/h11-13,16,19H,4-10H2,1-3H3. The first-order valence-electron chi connectivity index (χ1n) is 8.12. The quantitative estimate of drug-likeness (QED) is 0.756. The van der Waals surface area contributed by atoms with Gasteiger partial charge in [-0.05, 0) is 50.3 Å². The van der Waals surface area contributed by atoms with Gasteiger partial charge in [-0.3, -0.25) is 4.98 Å². The van der Waals surface area contributed by atoms with Gasteiger partial charge in [0, 0.05) is 13.3 Å². The summed E-state index contributed by atoms with van der Waals surface area (Å²) in [5.41, 5.74) is 1.08. The summed E-state index contributed by atoms with van der Waals surface area (Å²) >= 11 is 0. The lowest BCUT2D eigenvalue weighted by atomic mass is 9.72. The van der Waals surface area contributed by atoms with E-state index >= 15 is 0 Å². The van der Waals surface area contributed by atoms with Crippen LogP contribution in [-0.4, -0.2) is 30.8 Å². The molecule has 1 aliphatic rings. The number of hydrogen-bond donors (Lipinski definition) is 1. The van der Waals surface area contributed by atoms with Crippen molar-refractivity contribution < 1.29 is 9.47 Å². The maximum atomic E-state index is 5.88. The predicted octanol–water partition coefficient (Wildman–Crippen LogP) is 3.48. The average molecular weight is 292 g/mol. The third-order valence-corrected chi connectivity index (χ3v) is 4.27. The Balaban J connectivity index is 2.19. The highest BCUT2D eigenvalue weighted by molar-refractivity contribution is 5.29. The van der Waals surface area contributed by atoms with Crippen molar-refractivity contribution in [3.05, 3.63) is 24.0 Å². The largest absolute Gasteiger partial charge is 0.492 e. The second-order valence-corrected chi connectivity index (χ2v) is 5.81. The van der Waals surface area contributed by atoms with Gasteiger partial charge < -0.3 is 14.8 Å². The smallest absolute Gasteiger partial charge is 0.137 e. The Morgan fingerprint density at radius 1 is 1.29 bits per heavy atom. The van der Waals surface area contributed by atoms with Crippen molar-refractivity contribution in [3.8, 4) is 5.75 Å². The Hall–Kier alpha value is -1.13. The fourth-order valence-electron chi connectivity index (χ4n) is 2.92. The number of methoxy groups -OCH3 is 1. The monoisotopic (exact) mass is 292 g/mol. The van der Waals surface area contributed by atoms with Gasteiger partial charge in [0.1, 0.15) is 5.75 Å². The van der Waals surface area contributed by atoms with Gasteiger partial charge in [-0.1, -0.05) is 13.8 Å². The van der Waals surface area contributed by atoms with Crippen LogP contribution in [0, 0.1) is 0 Å². The van der Waals surface area contributed by atoms with Gasteiger partial charge in [0.15, 0.2) is 0 Å². The Morgan fingerprint density at radius 2 is 2.10 bits per heavy atom. The van der Waals surface area contributed by atoms with Crippen molar-refractivity contribution >= 4 is 0 Å². The highest BCUT2D eigenvalue weighted by Crippen LogP contribution is 2.45. The molecule has 1 aromatic rings. The van der Waals surface area contributed by atoms with Crippen LogP contribution in [-0.2, 0) is 4.74 Å². The fourth-order valence-corrected chi connectivity index (χ4v) is 2.92. The van der Waals surface area contributed by atoms with E-state index in [9.17, 15) is 0 Å². The van der Waals surface area contributed by atoms with E-state index in [1.54, 1.807) is 6.20 Å². The molecule has 1 heterocycles. The van der Waals surface area contributed by atoms with E-state index in [-0.39, 0.29) is 11.6 Å². The summed E-state index contributed by atoms with van der Waals surface area (Å²) in [5.74, 6) is 0.850. The summed E-state index contributed by atoms with van der Waals surface area (Å²) in [6.45, 7) is 6.00. The summed E-state index contributed by atoms with van der Waals surface area (Å²) in [7, 11) is 1.82. The molecule has 1 aromatic heterocycles. The number of nitrogens with zero attached hydrogens (tertiary/aromatic N) is 1. The van der Waals surface area contributed by atoms with E-state index < -0.39 is 0 Å². The molecule has 4 nitrogen and oxygen atoms in total. The van der Waals surface area contributed by atoms with Gasteiger partial charge >= 0.3 is 0 Å². The topological polar surface area (TPSA) is 43.4 Å².